The fourth-order valence-electron chi connectivity index (χ4n) is 0.723. The first kappa shape index (κ1) is 7.48. The highest BCUT2D eigenvalue weighted by Gasteiger charge is 2.06. The summed E-state index contributed by atoms with van der Waals surface area (Å²) < 4.78 is 4.85. The van der Waals surface area contributed by atoms with Gasteiger partial charge in [0.05, 0.1) is 19.4 Å². The van der Waals surface area contributed by atoms with Gasteiger partial charge in [-0.2, -0.15) is 0 Å². The van der Waals surface area contributed by atoms with Gasteiger partial charge >= 0.3 is 0 Å². The average molecular weight is 149 g/mol. The second-order valence-corrected chi connectivity index (χ2v) is 1.93. The van der Waals surface area contributed by atoms with Crippen molar-refractivity contribution in [2.75, 3.05) is 7.11 Å². The second-order valence-electron chi connectivity index (χ2n) is 1.93. The van der Waals surface area contributed by atoms with E-state index >= 15 is 0 Å². The van der Waals surface area contributed by atoms with Crippen LogP contribution in [0.1, 0.15) is 5.69 Å². The minimum atomic E-state index is 0.340. The molecule has 0 N–H and O–H groups in total. The summed E-state index contributed by atoms with van der Waals surface area (Å²) in [5.74, 6) is 0.340. The number of ether oxygens (including phenoxy) is 1. The maximum absolute atomic E-state index is 6.79. The Morgan fingerprint density at radius 3 is 2.73 bits per heavy atom. The molecule has 1 rings (SSSR count). The predicted molar refractivity (Wildman–Crippen MR) is 39.6 cm³/mol. The van der Waals surface area contributed by atoms with Crippen molar-refractivity contribution in [2.45, 2.75) is 6.92 Å². The van der Waals surface area contributed by atoms with Crippen molar-refractivity contribution in [2.24, 2.45) is 0 Å². The van der Waals surface area contributed by atoms with Crippen molar-refractivity contribution in [1.29, 1.82) is 0 Å². The zero-order chi connectivity index (χ0) is 8.27. The normalized spacial score (nSPS) is 8.82. The molecule has 0 unspecified atom stereocenters. The van der Waals surface area contributed by atoms with Crippen molar-refractivity contribution in [3.8, 4) is 5.88 Å². The number of aromatic nitrogens is 2. The zero-order valence-electron chi connectivity index (χ0n) is 6.33. The van der Waals surface area contributed by atoms with Gasteiger partial charge in [-0.3, -0.25) is 4.98 Å². The molecule has 0 saturated heterocycles. The van der Waals surface area contributed by atoms with E-state index in [9.17, 15) is 0 Å². The van der Waals surface area contributed by atoms with Crippen LogP contribution in [0.4, 0.5) is 5.69 Å². The van der Waals surface area contributed by atoms with E-state index in [0.717, 1.165) is 0 Å². The maximum Gasteiger partial charge on any atom is 0.267 e. The molecule has 56 valence electrons. The van der Waals surface area contributed by atoms with Gasteiger partial charge in [0.15, 0.2) is 0 Å². The number of rotatable bonds is 1. The predicted octanol–water partition coefficient (Wildman–Crippen LogP) is 1.34. The van der Waals surface area contributed by atoms with Crippen LogP contribution in [-0.2, 0) is 0 Å². The van der Waals surface area contributed by atoms with Crippen molar-refractivity contribution >= 4 is 5.69 Å². The molecule has 0 saturated carbocycles. The Labute approximate surface area is 64.7 Å². The Morgan fingerprint density at radius 2 is 2.27 bits per heavy atom. The largest absolute Gasteiger partial charge is 0.490 e. The standard InChI is InChI=1S/C7H7N3O/c1-5-6(8-2)7(11-3)10-4-9-5/h4H,1,3H3. The lowest BCUT2D eigenvalue weighted by Crippen LogP contribution is -1.90. The van der Waals surface area contributed by atoms with Gasteiger partial charge < -0.3 is 4.74 Å². The van der Waals surface area contributed by atoms with Crippen molar-refractivity contribution < 1.29 is 4.74 Å². The maximum atomic E-state index is 6.79. The third-order valence-electron chi connectivity index (χ3n) is 1.28. The summed E-state index contributed by atoms with van der Waals surface area (Å²) in [6.45, 7) is 8.54. The van der Waals surface area contributed by atoms with Crippen molar-refractivity contribution in [3.63, 3.8) is 0 Å². The topological polar surface area (TPSA) is 39.4 Å². The van der Waals surface area contributed by atoms with Crippen LogP contribution < -0.4 is 4.74 Å². The Kier molecular flexibility index (Phi) is 2.02. The highest BCUT2D eigenvalue weighted by atomic mass is 16.5. The number of hydrogen-bond acceptors (Lipinski definition) is 3. The van der Waals surface area contributed by atoms with Gasteiger partial charge in [-0.25, -0.2) is 9.83 Å². The molecule has 0 fully saturated rings. The quantitative estimate of drug-likeness (QED) is 0.565. The van der Waals surface area contributed by atoms with E-state index in [1.807, 2.05) is 0 Å². The highest BCUT2D eigenvalue weighted by Crippen LogP contribution is 2.25. The lowest BCUT2D eigenvalue weighted by Gasteiger charge is -2.01. The molecule has 0 aliphatic rings. The van der Waals surface area contributed by atoms with Crippen molar-refractivity contribution in [3.05, 3.63) is 23.4 Å². The molecule has 0 atom stereocenters. The molecule has 11 heavy (non-hydrogen) atoms. The lowest BCUT2D eigenvalue weighted by molar-refractivity contribution is 0.399. The average Bonchev–Trinajstić information content (AvgIpc) is 2.04. The van der Waals surface area contributed by atoms with Gasteiger partial charge in [-0.15, -0.1) is 0 Å². The lowest BCUT2D eigenvalue weighted by atomic mass is 10.4. The monoisotopic (exact) mass is 149 g/mol. The third-order valence-corrected chi connectivity index (χ3v) is 1.28. The molecule has 0 aliphatic heterocycles. The summed E-state index contributed by atoms with van der Waals surface area (Å²) in [7, 11) is 1.48. The van der Waals surface area contributed by atoms with Crippen LogP contribution in [0.2, 0.25) is 0 Å². The summed E-state index contributed by atoms with van der Waals surface area (Å²) in [6.07, 6.45) is 1.38. The number of aryl methyl sites for hydroxylation is 1. The first-order valence-corrected chi connectivity index (χ1v) is 3.02. The van der Waals surface area contributed by atoms with E-state index in [4.69, 9.17) is 11.3 Å². The van der Waals surface area contributed by atoms with Gasteiger partial charge in [-0.1, -0.05) is 0 Å². The molecule has 0 spiro atoms. The van der Waals surface area contributed by atoms with Crippen LogP contribution in [0.15, 0.2) is 6.33 Å². The first-order valence-electron chi connectivity index (χ1n) is 3.02. The molecule has 4 heteroatoms. The number of hydrogen-bond donors (Lipinski definition) is 0. The summed E-state index contributed by atoms with van der Waals surface area (Å²) in [5.41, 5.74) is 1.03. The minimum absolute atomic E-state index is 0.340. The molecule has 0 aromatic carbocycles. The van der Waals surface area contributed by atoms with Gasteiger partial charge in [-0.05, 0) is 6.92 Å². The van der Waals surface area contributed by atoms with E-state index < -0.39 is 0 Å². The smallest absolute Gasteiger partial charge is 0.267 e. The van der Waals surface area contributed by atoms with Crippen LogP contribution in [0, 0.1) is 13.5 Å². The first-order chi connectivity index (χ1) is 5.29. The highest BCUT2D eigenvalue weighted by molar-refractivity contribution is 5.56. The van der Waals surface area contributed by atoms with E-state index in [0.29, 0.717) is 17.3 Å². The van der Waals surface area contributed by atoms with E-state index in [1.165, 1.54) is 13.4 Å². The van der Waals surface area contributed by atoms with Gasteiger partial charge in [0.1, 0.15) is 6.33 Å². The molecule has 0 amide bonds. The Balaban J connectivity index is 3.27. The van der Waals surface area contributed by atoms with E-state index in [2.05, 4.69) is 14.8 Å². The molecule has 0 bridgehead atoms. The Hall–Kier alpha value is -1.63. The van der Waals surface area contributed by atoms with Crippen LogP contribution in [0.5, 0.6) is 5.88 Å². The molecule has 0 aliphatic carbocycles. The second kappa shape index (κ2) is 2.97. The summed E-state index contributed by atoms with van der Waals surface area (Å²) in [5, 5.41) is 0. The van der Waals surface area contributed by atoms with E-state index in [-0.39, 0.29) is 0 Å². The number of methoxy groups -OCH3 is 1. The summed E-state index contributed by atoms with van der Waals surface area (Å²) >= 11 is 0. The van der Waals surface area contributed by atoms with Crippen LogP contribution in [-0.4, -0.2) is 17.1 Å². The molecule has 0 radical (unpaired) electrons. The SMILES string of the molecule is [C-]#[N+]c1c(C)ncnc1OC. The Morgan fingerprint density at radius 1 is 1.55 bits per heavy atom. The third kappa shape index (κ3) is 1.27. The minimum Gasteiger partial charge on any atom is -0.490 e. The molecule has 4 nitrogen and oxygen atoms in total. The fraction of sp³-hybridized carbons (Fsp3) is 0.286. The number of nitrogens with zero attached hydrogens (tertiary/aromatic N) is 3. The van der Waals surface area contributed by atoms with Crippen LogP contribution in [0.25, 0.3) is 4.85 Å². The molecule has 1 heterocycles. The summed E-state index contributed by atoms with van der Waals surface area (Å²) in [4.78, 5) is 10.9. The van der Waals surface area contributed by atoms with E-state index in [1.54, 1.807) is 6.92 Å². The zero-order valence-corrected chi connectivity index (χ0v) is 6.33. The molecular weight excluding hydrogens is 142 g/mol. The van der Waals surface area contributed by atoms with Crippen molar-refractivity contribution in [1.82, 2.24) is 9.97 Å². The van der Waals surface area contributed by atoms with Crippen LogP contribution >= 0.6 is 0 Å². The molecule has 1 aromatic rings. The van der Waals surface area contributed by atoms with Gasteiger partial charge in [0.2, 0.25) is 5.88 Å². The molecular formula is C7H7N3O. The van der Waals surface area contributed by atoms with Gasteiger partial charge in [0, 0.05) is 0 Å². The van der Waals surface area contributed by atoms with Crippen LogP contribution in [0.3, 0.4) is 0 Å². The Bertz CT molecular complexity index is 303. The fourth-order valence-corrected chi connectivity index (χ4v) is 0.723. The summed E-state index contributed by atoms with van der Waals surface area (Å²) in [6, 6.07) is 0. The van der Waals surface area contributed by atoms with Gasteiger partial charge in [0.25, 0.3) is 5.69 Å². The molecule has 1 aromatic heterocycles.